The minimum absolute atomic E-state index is 0.0171. The van der Waals surface area contributed by atoms with E-state index >= 15 is 0 Å². The molecule has 0 amide bonds. The van der Waals surface area contributed by atoms with Crippen molar-refractivity contribution in [1.82, 2.24) is 4.57 Å². The topological polar surface area (TPSA) is 21.3 Å². The molecule has 0 spiro atoms. The lowest BCUT2D eigenvalue weighted by Crippen LogP contribution is -2.60. The predicted octanol–water partition coefficient (Wildman–Crippen LogP) is 16.3. The molecular weight excluding hydrogens is 848 g/mol. The second-order valence-corrected chi connectivity index (χ2v) is 26.8. The first-order valence-corrected chi connectivity index (χ1v) is 26.3. The Morgan fingerprint density at radius 2 is 1.09 bits per heavy atom. The number of fused-ring (bicyclic) bond motifs is 18. The van der Waals surface area contributed by atoms with Crippen molar-refractivity contribution >= 4 is 94.7 Å². The maximum Gasteiger partial charge on any atom is 0.297 e. The van der Waals surface area contributed by atoms with Crippen molar-refractivity contribution < 1.29 is 4.42 Å². The van der Waals surface area contributed by atoms with E-state index in [-0.39, 0.29) is 39.2 Å². The molecule has 2 aromatic heterocycles. The first-order valence-electron chi connectivity index (χ1n) is 26.3. The summed E-state index contributed by atoms with van der Waals surface area (Å²) in [6, 6.07) is 46.3. The van der Waals surface area contributed by atoms with E-state index in [1.807, 2.05) is 0 Å². The first kappa shape index (κ1) is 44.0. The van der Waals surface area contributed by atoms with E-state index in [4.69, 9.17) is 4.42 Å². The van der Waals surface area contributed by atoms with Crippen molar-refractivity contribution in [2.75, 3.05) is 4.90 Å². The van der Waals surface area contributed by atoms with E-state index < -0.39 is 0 Å². The minimum atomic E-state index is -0.138. The largest absolute Gasteiger partial charge is 0.468 e. The average molecular weight is 917 g/mol. The fourth-order valence-electron chi connectivity index (χ4n) is 13.5. The lowest BCUT2D eigenvalue weighted by Gasteiger charge is -2.43. The molecule has 4 aliphatic rings. The summed E-state index contributed by atoms with van der Waals surface area (Å²) in [6.45, 7) is 33.6. The molecule has 0 unspecified atom stereocenters. The number of aromatic nitrogens is 1. The van der Waals surface area contributed by atoms with Crippen molar-refractivity contribution in [2.24, 2.45) is 0 Å². The molecule has 2 aliphatic heterocycles. The Balaban J connectivity index is 1.29. The molecule has 70 heavy (non-hydrogen) atoms. The molecule has 2 aliphatic carbocycles. The SMILES string of the molecule is CC(C)(C)c1ccc2c(c1)-n1c3cc(cc4c3B2c2oc3ccc(C(C)(C)C)cc3c2N4c2ccc3c(c2)C(C)(C)CCC3(C)C)c2cc(cc3ccccc32)c2cc3c(cc21)C(C)(C)CCC3(C)C. The lowest BCUT2D eigenvalue weighted by molar-refractivity contribution is 0.332. The molecule has 0 radical (unpaired) electrons. The van der Waals surface area contributed by atoms with Gasteiger partial charge >= 0.3 is 0 Å². The Hall–Kier alpha value is -6.00. The molecule has 9 aromatic rings. The van der Waals surface area contributed by atoms with Gasteiger partial charge in [-0.05, 0) is 196 Å². The minimum Gasteiger partial charge on any atom is -0.468 e. The molecule has 0 saturated heterocycles. The normalized spacial score (nSPS) is 18.3. The van der Waals surface area contributed by atoms with E-state index in [9.17, 15) is 0 Å². The van der Waals surface area contributed by atoms with Crippen LogP contribution in [0, 0.1) is 0 Å². The van der Waals surface area contributed by atoms with Gasteiger partial charge in [-0.15, -0.1) is 0 Å². The zero-order chi connectivity index (χ0) is 49.0. The second-order valence-electron chi connectivity index (χ2n) is 26.8. The van der Waals surface area contributed by atoms with Gasteiger partial charge in [0.1, 0.15) is 5.58 Å². The van der Waals surface area contributed by atoms with Crippen LogP contribution in [0.4, 0.5) is 17.1 Å². The number of anilines is 3. The van der Waals surface area contributed by atoms with Crippen molar-refractivity contribution in [3.8, 4) is 5.69 Å². The van der Waals surface area contributed by atoms with E-state index in [1.165, 1.54) is 122 Å². The van der Waals surface area contributed by atoms with Crippen molar-refractivity contribution in [3.63, 3.8) is 0 Å². The van der Waals surface area contributed by atoms with Gasteiger partial charge in [-0.2, -0.15) is 0 Å². The van der Waals surface area contributed by atoms with Gasteiger partial charge < -0.3 is 13.9 Å². The van der Waals surface area contributed by atoms with Gasteiger partial charge in [-0.25, -0.2) is 0 Å². The monoisotopic (exact) mass is 917 g/mol. The smallest absolute Gasteiger partial charge is 0.297 e. The molecule has 7 aromatic carbocycles. The van der Waals surface area contributed by atoms with Crippen LogP contribution in [0.5, 0.6) is 0 Å². The van der Waals surface area contributed by atoms with E-state index in [2.05, 4.69) is 222 Å². The standard InChI is InChI=1S/C66H69BN2O/c1-61(2,3)41-20-24-57-47(33-41)59-60(70-57)67-52-23-19-42(62(4,5)6)34-54(52)69-53-37-51-50(65(11,12)27-28-66(51,13)14)36-46(53)39-29-38-17-15-16-18-44(38)45(30-39)40-31-55(58(67)56(69)32-40)68(59)43-21-22-48-49(35-43)64(9,10)26-25-63(48,7)8/h15-24,29-37H,25-28H2,1-14H3. The van der Waals surface area contributed by atoms with Crippen LogP contribution in [0.1, 0.15) is 156 Å². The summed E-state index contributed by atoms with van der Waals surface area (Å²) in [4.78, 5) is 2.64. The Morgan fingerprint density at radius 1 is 0.471 bits per heavy atom. The fourth-order valence-corrected chi connectivity index (χ4v) is 13.5. The van der Waals surface area contributed by atoms with Crippen LogP contribution in [-0.4, -0.2) is 11.3 Å². The maximum absolute atomic E-state index is 7.49. The zero-order valence-corrected chi connectivity index (χ0v) is 44.2. The van der Waals surface area contributed by atoms with Gasteiger partial charge in [0.05, 0.1) is 16.9 Å². The Bertz CT molecular complexity index is 3820. The van der Waals surface area contributed by atoms with Gasteiger partial charge in [0, 0.05) is 33.4 Å². The summed E-state index contributed by atoms with van der Waals surface area (Å²) in [6.07, 6.45) is 4.65. The fraction of sp³-hybridized carbons (Fsp3) is 0.364. The van der Waals surface area contributed by atoms with Gasteiger partial charge in [-0.3, -0.25) is 0 Å². The van der Waals surface area contributed by atoms with E-state index in [0.717, 1.165) is 30.5 Å². The number of hydrogen-bond acceptors (Lipinski definition) is 2. The summed E-state index contributed by atoms with van der Waals surface area (Å²) in [5, 5.41) is 8.79. The maximum atomic E-state index is 7.49. The molecule has 4 heteroatoms. The van der Waals surface area contributed by atoms with Gasteiger partial charge in [0.25, 0.3) is 6.71 Å². The van der Waals surface area contributed by atoms with Crippen LogP contribution >= 0.6 is 0 Å². The Kier molecular flexibility index (Phi) is 8.73. The highest BCUT2D eigenvalue weighted by Gasteiger charge is 2.47. The number of furan rings is 1. The van der Waals surface area contributed by atoms with Crippen LogP contribution in [0.25, 0.3) is 60.0 Å². The second kappa shape index (κ2) is 13.9. The molecule has 0 saturated carbocycles. The summed E-state index contributed by atoms with van der Waals surface area (Å²) in [5.74, 6) is 0. The van der Waals surface area contributed by atoms with Crippen LogP contribution in [0.2, 0.25) is 0 Å². The molecule has 4 heterocycles. The zero-order valence-electron chi connectivity index (χ0n) is 44.2. The van der Waals surface area contributed by atoms with Crippen molar-refractivity contribution in [1.29, 1.82) is 0 Å². The Labute approximate surface area is 416 Å². The summed E-state index contributed by atoms with van der Waals surface area (Å²) < 4.78 is 10.2. The molecule has 0 atom stereocenters. The van der Waals surface area contributed by atoms with Crippen LogP contribution in [-0.2, 0) is 32.5 Å². The number of nitrogens with zero attached hydrogens (tertiary/aromatic N) is 2. The number of hydrogen-bond donors (Lipinski definition) is 0. The van der Waals surface area contributed by atoms with Crippen molar-refractivity contribution in [3.05, 3.63) is 149 Å². The highest BCUT2D eigenvalue weighted by molar-refractivity contribution is 6.99. The summed E-state index contributed by atoms with van der Waals surface area (Å²) in [7, 11) is 0. The highest BCUT2D eigenvalue weighted by atomic mass is 16.3. The first-order chi connectivity index (χ1) is 32.9. The van der Waals surface area contributed by atoms with Crippen LogP contribution in [0.3, 0.4) is 0 Å². The number of rotatable bonds is 1. The molecule has 13 rings (SSSR count). The third-order valence-corrected chi connectivity index (χ3v) is 18.2. The average Bonchev–Trinajstić information content (AvgIpc) is 3.69. The van der Waals surface area contributed by atoms with Gasteiger partial charge in [-0.1, -0.05) is 145 Å². The molecule has 0 N–H and O–H groups in total. The molecular formula is C66H69BN2O. The van der Waals surface area contributed by atoms with Crippen LogP contribution in [0.15, 0.2) is 120 Å². The Morgan fingerprint density at radius 3 is 1.79 bits per heavy atom. The third-order valence-electron chi connectivity index (χ3n) is 18.2. The quantitative estimate of drug-likeness (QED) is 0.153. The van der Waals surface area contributed by atoms with E-state index in [1.54, 1.807) is 0 Å². The summed E-state index contributed by atoms with van der Waals surface area (Å²) >= 11 is 0. The van der Waals surface area contributed by atoms with Crippen LogP contribution < -0.4 is 21.5 Å². The third kappa shape index (κ3) is 6.13. The van der Waals surface area contributed by atoms with Gasteiger partial charge in [0.15, 0.2) is 0 Å². The molecule has 352 valence electrons. The number of benzene rings is 7. The van der Waals surface area contributed by atoms with E-state index in [0.29, 0.717) is 0 Å². The summed E-state index contributed by atoms with van der Waals surface area (Å²) in [5.41, 5.74) is 20.5. The molecule has 0 fully saturated rings. The van der Waals surface area contributed by atoms with Gasteiger partial charge in [0.2, 0.25) is 0 Å². The van der Waals surface area contributed by atoms with Crippen molar-refractivity contribution in [2.45, 2.75) is 155 Å². The highest BCUT2D eigenvalue weighted by Crippen LogP contribution is 2.52. The molecule has 3 nitrogen and oxygen atoms in total. The molecule has 4 bridgehead atoms. The lowest BCUT2D eigenvalue weighted by atomic mass is 9.36. The predicted molar refractivity (Wildman–Crippen MR) is 302 cm³/mol.